The number of nitrogens with one attached hydrogen (secondary N) is 2. The largest absolute Gasteiger partial charge is 0.350 e. The number of likely N-dealkylation sites (tertiary alicyclic amines) is 1. The normalized spacial score (nSPS) is 24.4. The highest BCUT2D eigenvalue weighted by molar-refractivity contribution is 7.16. The summed E-state index contributed by atoms with van der Waals surface area (Å²) in [6.07, 6.45) is 7.45. The number of aryl methyl sites for hydroxylation is 1. The van der Waals surface area contributed by atoms with Gasteiger partial charge in [-0.3, -0.25) is 4.79 Å². The lowest BCUT2D eigenvalue weighted by molar-refractivity contribution is -0.910. The summed E-state index contributed by atoms with van der Waals surface area (Å²) in [6.45, 7) is 3.74. The van der Waals surface area contributed by atoms with Gasteiger partial charge in [0, 0.05) is 31.0 Å². The highest BCUT2D eigenvalue weighted by Crippen LogP contribution is 2.39. The minimum absolute atomic E-state index is 0.0225. The van der Waals surface area contributed by atoms with E-state index < -0.39 is 0 Å². The Hall–Kier alpha value is -2.10. The first-order valence-electron chi connectivity index (χ1n) is 9.87. The number of quaternary nitrogens is 1. The van der Waals surface area contributed by atoms with Gasteiger partial charge in [-0.25, -0.2) is 0 Å². The second-order valence-electron chi connectivity index (χ2n) is 8.04. The zero-order valence-electron chi connectivity index (χ0n) is 16.0. The molecule has 1 fully saturated rings. The molecule has 0 radical (unpaired) electrons. The summed E-state index contributed by atoms with van der Waals surface area (Å²) in [5.74, 6) is 0.681. The lowest BCUT2D eigenvalue weighted by Crippen LogP contribution is -3.11. The quantitative estimate of drug-likeness (QED) is 0.852. The molecule has 2 aliphatic rings. The Balaban J connectivity index is 1.47. The Morgan fingerprint density at radius 2 is 2.33 bits per heavy atom. The number of amides is 1. The van der Waals surface area contributed by atoms with Crippen LogP contribution in [0.2, 0.25) is 0 Å². The first-order valence-corrected chi connectivity index (χ1v) is 10.7. The molecule has 0 saturated carbocycles. The van der Waals surface area contributed by atoms with Crippen LogP contribution in [-0.4, -0.2) is 23.6 Å². The van der Waals surface area contributed by atoms with E-state index in [1.807, 2.05) is 0 Å². The monoisotopic (exact) mass is 383 g/mol. The number of carbonyl (C=O) groups is 1. The van der Waals surface area contributed by atoms with Crippen LogP contribution in [0.5, 0.6) is 0 Å². The van der Waals surface area contributed by atoms with Gasteiger partial charge in [-0.05, 0) is 42.9 Å². The predicted molar refractivity (Wildman–Crippen MR) is 107 cm³/mol. The van der Waals surface area contributed by atoms with Crippen molar-refractivity contribution < 1.29 is 9.69 Å². The maximum atomic E-state index is 12.8. The van der Waals surface area contributed by atoms with E-state index in [9.17, 15) is 10.1 Å². The lowest BCUT2D eigenvalue weighted by Gasteiger charge is -2.21. The average molecular weight is 384 g/mol. The molecule has 0 spiro atoms. The Kier molecular flexibility index (Phi) is 5.07. The number of aromatic nitrogens is 1. The Bertz CT molecular complexity index is 891. The smallest absolute Gasteiger partial charge is 0.280 e. The van der Waals surface area contributed by atoms with Gasteiger partial charge in [-0.2, -0.15) is 5.26 Å². The first kappa shape index (κ1) is 18.3. The van der Waals surface area contributed by atoms with Gasteiger partial charge in [0.15, 0.2) is 6.54 Å². The molecule has 4 rings (SSSR count). The number of rotatable bonds is 4. The van der Waals surface area contributed by atoms with Crippen molar-refractivity contribution in [2.75, 3.05) is 18.4 Å². The van der Waals surface area contributed by atoms with Crippen molar-refractivity contribution in [1.82, 2.24) is 4.57 Å². The Morgan fingerprint density at radius 1 is 1.48 bits per heavy atom. The fourth-order valence-corrected chi connectivity index (χ4v) is 6.03. The number of fused-ring (bicyclic) bond motifs is 1. The molecule has 2 N–H and O–H groups in total. The standard InChI is InChI=1S/C21H26N4OS/c1-14-7-8-15-16(12-22)21(27-19(15)11-14)23-20(26)13-25-10-4-6-18(25)17-5-3-9-24(17)2/h3,5,9,14,18H,4,6-8,10-11,13H2,1-2H3,(H,23,26)/p+1/t14-,18-/m1/s1. The second-order valence-corrected chi connectivity index (χ2v) is 9.14. The lowest BCUT2D eigenvalue weighted by atomic mass is 9.89. The second kappa shape index (κ2) is 7.49. The summed E-state index contributed by atoms with van der Waals surface area (Å²) in [4.78, 5) is 15.4. The third-order valence-electron chi connectivity index (χ3n) is 6.09. The molecule has 1 amide bonds. The van der Waals surface area contributed by atoms with Crippen molar-refractivity contribution in [3.05, 3.63) is 40.0 Å². The summed E-state index contributed by atoms with van der Waals surface area (Å²) in [5.41, 5.74) is 3.17. The third kappa shape index (κ3) is 3.54. The predicted octanol–water partition coefficient (Wildman–Crippen LogP) is 2.44. The van der Waals surface area contributed by atoms with Gasteiger partial charge < -0.3 is 14.8 Å². The molecule has 2 aromatic heterocycles. The molecule has 5 nitrogen and oxygen atoms in total. The maximum absolute atomic E-state index is 12.8. The molecular formula is C21H27N4OS+. The summed E-state index contributed by atoms with van der Waals surface area (Å²) in [7, 11) is 2.07. The van der Waals surface area contributed by atoms with E-state index in [1.165, 1.54) is 21.0 Å². The van der Waals surface area contributed by atoms with E-state index in [0.717, 1.165) is 43.6 Å². The van der Waals surface area contributed by atoms with E-state index in [2.05, 4.69) is 48.3 Å². The van der Waals surface area contributed by atoms with Gasteiger partial charge in [0.05, 0.1) is 17.8 Å². The number of anilines is 1. The summed E-state index contributed by atoms with van der Waals surface area (Å²) < 4.78 is 2.16. The minimum atomic E-state index is 0.0225. The highest BCUT2D eigenvalue weighted by atomic mass is 32.1. The number of hydrogen-bond acceptors (Lipinski definition) is 3. The Morgan fingerprint density at radius 3 is 3.07 bits per heavy atom. The molecule has 3 atom stereocenters. The number of thiophene rings is 1. The first-order chi connectivity index (χ1) is 13.1. The summed E-state index contributed by atoms with van der Waals surface area (Å²) >= 11 is 1.61. The summed E-state index contributed by atoms with van der Waals surface area (Å²) in [5, 5.41) is 13.5. The van der Waals surface area contributed by atoms with E-state index in [1.54, 1.807) is 11.3 Å². The molecule has 1 aliphatic carbocycles. The number of nitrogens with zero attached hydrogens (tertiary/aromatic N) is 2. The SMILES string of the molecule is C[C@@H]1CCc2c(sc(NC(=O)C[NH+]3CCC[C@@H]3c3cccn3C)c2C#N)C1. The molecule has 2 aromatic rings. The minimum Gasteiger partial charge on any atom is -0.350 e. The zero-order chi connectivity index (χ0) is 19.0. The molecule has 1 aliphatic heterocycles. The van der Waals surface area contributed by atoms with E-state index in [0.29, 0.717) is 24.1 Å². The van der Waals surface area contributed by atoms with Crippen LogP contribution in [0.25, 0.3) is 0 Å². The van der Waals surface area contributed by atoms with Crippen LogP contribution in [0.1, 0.15) is 53.9 Å². The van der Waals surface area contributed by atoms with Gasteiger partial charge in [-0.1, -0.05) is 6.92 Å². The van der Waals surface area contributed by atoms with Gasteiger partial charge in [0.2, 0.25) is 0 Å². The fourth-order valence-electron chi connectivity index (χ4n) is 4.65. The van der Waals surface area contributed by atoms with Crippen LogP contribution >= 0.6 is 11.3 Å². The molecule has 0 bridgehead atoms. The van der Waals surface area contributed by atoms with E-state index >= 15 is 0 Å². The maximum Gasteiger partial charge on any atom is 0.280 e. The van der Waals surface area contributed by atoms with Crippen molar-refractivity contribution >= 4 is 22.2 Å². The Labute approximate surface area is 164 Å². The van der Waals surface area contributed by atoms with Gasteiger partial charge >= 0.3 is 0 Å². The number of nitriles is 1. The average Bonchev–Trinajstić information content (AvgIpc) is 3.32. The van der Waals surface area contributed by atoms with Crippen LogP contribution in [-0.2, 0) is 24.7 Å². The molecule has 27 heavy (non-hydrogen) atoms. The van der Waals surface area contributed by atoms with Crippen molar-refractivity contribution in [3.63, 3.8) is 0 Å². The van der Waals surface area contributed by atoms with Crippen LogP contribution < -0.4 is 10.2 Å². The van der Waals surface area contributed by atoms with Gasteiger partial charge in [-0.15, -0.1) is 11.3 Å². The van der Waals surface area contributed by atoms with Crippen molar-refractivity contribution in [2.24, 2.45) is 13.0 Å². The molecule has 3 heterocycles. The fraction of sp³-hybridized carbons (Fsp3) is 0.524. The molecular weight excluding hydrogens is 356 g/mol. The van der Waals surface area contributed by atoms with Crippen molar-refractivity contribution in [2.45, 2.75) is 45.1 Å². The van der Waals surface area contributed by atoms with E-state index in [-0.39, 0.29) is 5.91 Å². The molecule has 1 unspecified atom stereocenters. The molecule has 0 aromatic carbocycles. The van der Waals surface area contributed by atoms with Crippen molar-refractivity contribution in [3.8, 4) is 6.07 Å². The van der Waals surface area contributed by atoms with Gasteiger partial charge in [0.1, 0.15) is 17.1 Å². The van der Waals surface area contributed by atoms with E-state index in [4.69, 9.17) is 0 Å². The van der Waals surface area contributed by atoms with Crippen LogP contribution in [0, 0.1) is 17.2 Å². The topological polar surface area (TPSA) is 62.3 Å². The third-order valence-corrected chi connectivity index (χ3v) is 7.26. The van der Waals surface area contributed by atoms with Crippen LogP contribution in [0.15, 0.2) is 18.3 Å². The highest BCUT2D eigenvalue weighted by Gasteiger charge is 2.33. The molecule has 6 heteroatoms. The zero-order valence-corrected chi connectivity index (χ0v) is 16.9. The van der Waals surface area contributed by atoms with Gasteiger partial charge in [0.25, 0.3) is 5.91 Å². The van der Waals surface area contributed by atoms with Crippen molar-refractivity contribution in [1.29, 1.82) is 5.26 Å². The van der Waals surface area contributed by atoms with Crippen LogP contribution in [0.3, 0.4) is 0 Å². The molecule has 142 valence electrons. The number of carbonyl (C=O) groups excluding carboxylic acids is 1. The van der Waals surface area contributed by atoms with Crippen LogP contribution in [0.4, 0.5) is 5.00 Å². The molecule has 1 saturated heterocycles. The number of hydrogen-bond donors (Lipinski definition) is 2. The summed E-state index contributed by atoms with van der Waals surface area (Å²) in [6, 6.07) is 6.95.